The van der Waals surface area contributed by atoms with E-state index in [9.17, 15) is 9.59 Å². The third-order valence-corrected chi connectivity index (χ3v) is 5.34. The molecule has 1 saturated heterocycles. The summed E-state index contributed by atoms with van der Waals surface area (Å²) >= 11 is 0. The van der Waals surface area contributed by atoms with E-state index in [0.717, 1.165) is 30.4 Å². The van der Waals surface area contributed by atoms with Gasteiger partial charge in [-0.25, -0.2) is 0 Å². The first-order chi connectivity index (χ1) is 8.44. The van der Waals surface area contributed by atoms with Gasteiger partial charge >= 0.3 is 5.97 Å². The van der Waals surface area contributed by atoms with Gasteiger partial charge in [-0.05, 0) is 42.7 Å². The smallest absolute Gasteiger partial charge is 0.309 e. The molecular formula is C15H20O3. The molecule has 3 heteroatoms. The van der Waals surface area contributed by atoms with Crippen molar-refractivity contribution in [3.8, 4) is 0 Å². The summed E-state index contributed by atoms with van der Waals surface area (Å²) in [6.07, 6.45) is 3.55. The lowest BCUT2D eigenvalue weighted by Gasteiger charge is -2.45. The number of hydrogen-bond donors (Lipinski definition) is 0. The minimum Gasteiger partial charge on any atom is -0.457 e. The molecule has 1 saturated carbocycles. The highest BCUT2D eigenvalue weighted by molar-refractivity contribution is 5.97. The van der Waals surface area contributed by atoms with Gasteiger partial charge < -0.3 is 4.74 Å². The van der Waals surface area contributed by atoms with Gasteiger partial charge in [-0.3, -0.25) is 9.59 Å². The summed E-state index contributed by atoms with van der Waals surface area (Å²) in [6.45, 7) is 6.09. The van der Waals surface area contributed by atoms with Crippen LogP contribution in [0.1, 0.15) is 46.5 Å². The number of ketones is 1. The summed E-state index contributed by atoms with van der Waals surface area (Å²) in [6, 6.07) is 0. The van der Waals surface area contributed by atoms with Crippen LogP contribution < -0.4 is 0 Å². The number of carbonyl (C=O) groups excluding carboxylic acids is 2. The monoisotopic (exact) mass is 248 g/mol. The lowest BCUT2D eigenvalue weighted by Crippen LogP contribution is -2.41. The fraction of sp³-hybridized carbons (Fsp3) is 0.733. The van der Waals surface area contributed by atoms with Crippen molar-refractivity contribution >= 4 is 11.8 Å². The topological polar surface area (TPSA) is 43.4 Å². The van der Waals surface area contributed by atoms with Crippen molar-refractivity contribution in [2.75, 3.05) is 0 Å². The van der Waals surface area contributed by atoms with Gasteiger partial charge in [-0.2, -0.15) is 0 Å². The van der Waals surface area contributed by atoms with E-state index in [1.807, 2.05) is 13.8 Å². The second-order valence-electron chi connectivity index (χ2n) is 6.37. The van der Waals surface area contributed by atoms with Crippen molar-refractivity contribution in [1.29, 1.82) is 0 Å². The fourth-order valence-corrected chi connectivity index (χ4v) is 4.05. The fourth-order valence-electron chi connectivity index (χ4n) is 4.05. The zero-order valence-electron chi connectivity index (χ0n) is 11.3. The summed E-state index contributed by atoms with van der Waals surface area (Å²) in [5.74, 6) is 0.407. The Labute approximate surface area is 108 Å². The highest BCUT2D eigenvalue weighted by Gasteiger charge is 2.53. The number of Topliss-reactive ketones (excluding diaryl/α,β-unsaturated/α-hetero) is 1. The molecule has 4 atom stereocenters. The van der Waals surface area contributed by atoms with Crippen LogP contribution in [0.2, 0.25) is 0 Å². The minimum absolute atomic E-state index is 0.0168. The highest BCUT2D eigenvalue weighted by atomic mass is 16.6. The molecule has 0 spiro atoms. The van der Waals surface area contributed by atoms with Gasteiger partial charge in [0.05, 0.1) is 5.92 Å². The van der Waals surface area contributed by atoms with Crippen LogP contribution in [0, 0.1) is 17.3 Å². The molecule has 18 heavy (non-hydrogen) atoms. The first-order valence-corrected chi connectivity index (χ1v) is 6.89. The van der Waals surface area contributed by atoms with Crippen LogP contribution in [0.4, 0.5) is 0 Å². The second kappa shape index (κ2) is 3.69. The Morgan fingerprint density at radius 3 is 2.72 bits per heavy atom. The van der Waals surface area contributed by atoms with Crippen molar-refractivity contribution in [2.24, 2.45) is 17.3 Å². The zero-order valence-corrected chi connectivity index (χ0v) is 11.3. The molecule has 1 aliphatic heterocycles. The first-order valence-electron chi connectivity index (χ1n) is 6.89. The Hall–Kier alpha value is -1.12. The van der Waals surface area contributed by atoms with Crippen LogP contribution in [-0.2, 0) is 14.3 Å². The van der Waals surface area contributed by atoms with Gasteiger partial charge in [-0.1, -0.05) is 13.8 Å². The third kappa shape index (κ3) is 1.42. The molecule has 2 aliphatic carbocycles. The number of ether oxygens (including phenoxy) is 1. The number of carbonyl (C=O) groups is 2. The number of allylic oxidation sites excluding steroid dienone is 1. The molecule has 0 aromatic rings. The maximum absolute atomic E-state index is 11.9. The van der Waals surface area contributed by atoms with Gasteiger partial charge in [0.15, 0.2) is 5.78 Å². The van der Waals surface area contributed by atoms with E-state index < -0.39 is 0 Å². The highest BCUT2D eigenvalue weighted by Crippen LogP contribution is 2.54. The third-order valence-electron chi connectivity index (χ3n) is 5.34. The molecule has 2 fully saturated rings. The standard InChI is InChI=1S/C15H20O3/c1-8-10-4-6-15(3)7-5-11(16)9(2)12(15)13(10)18-14(8)17/h8,10,13H,4-7H2,1-3H3/t8-,10-,13+,15?/m0/s1. The zero-order chi connectivity index (χ0) is 13.1. The second-order valence-corrected chi connectivity index (χ2v) is 6.37. The van der Waals surface area contributed by atoms with Crippen LogP contribution in [0.5, 0.6) is 0 Å². The molecule has 0 aromatic heterocycles. The van der Waals surface area contributed by atoms with E-state index in [0.29, 0.717) is 6.42 Å². The maximum atomic E-state index is 11.9. The van der Waals surface area contributed by atoms with E-state index >= 15 is 0 Å². The van der Waals surface area contributed by atoms with Gasteiger partial charge in [-0.15, -0.1) is 0 Å². The van der Waals surface area contributed by atoms with Crippen molar-refractivity contribution in [2.45, 2.75) is 52.6 Å². The summed E-state index contributed by atoms with van der Waals surface area (Å²) < 4.78 is 5.58. The number of rotatable bonds is 0. The van der Waals surface area contributed by atoms with E-state index in [-0.39, 0.29) is 35.1 Å². The predicted molar refractivity (Wildman–Crippen MR) is 66.8 cm³/mol. The van der Waals surface area contributed by atoms with Crippen LogP contribution in [-0.4, -0.2) is 17.9 Å². The quantitative estimate of drug-likeness (QED) is 0.619. The average molecular weight is 248 g/mol. The largest absolute Gasteiger partial charge is 0.457 e. The average Bonchev–Trinajstić information content (AvgIpc) is 2.60. The van der Waals surface area contributed by atoms with Crippen molar-refractivity contribution < 1.29 is 14.3 Å². The van der Waals surface area contributed by atoms with Gasteiger partial charge in [0.1, 0.15) is 6.10 Å². The lowest BCUT2D eigenvalue weighted by atomic mass is 9.59. The van der Waals surface area contributed by atoms with Gasteiger partial charge in [0, 0.05) is 12.3 Å². The number of fused-ring (bicyclic) bond motifs is 3. The van der Waals surface area contributed by atoms with E-state index in [1.54, 1.807) is 0 Å². The van der Waals surface area contributed by atoms with Crippen LogP contribution in [0.15, 0.2) is 11.1 Å². The van der Waals surface area contributed by atoms with Gasteiger partial charge in [0.25, 0.3) is 0 Å². The Kier molecular flexibility index (Phi) is 2.45. The molecule has 0 bridgehead atoms. The summed E-state index contributed by atoms with van der Waals surface area (Å²) in [5.41, 5.74) is 2.07. The van der Waals surface area contributed by atoms with E-state index in [1.165, 1.54) is 0 Å². The molecule has 3 rings (SSSR count). The number of esters is 1. The van der Waals surface area contributed by atoms with Crippen LogP contribution in [0.3, 0.4) is 0 Å². The molecule has 0 radical (unpaired) electrons. The molecule has 98 valence electrons. The molecule has 0 N–H and O–H groups in total. The summed E-state index contributed by atoms with van der Waals surface area (Å²) in [7, 11) is 0. The molecule has 1 unspecified atom stereocenters. The summed E-state index contributed by atoms with van der Waals surface area (Å²) in [5, 5.41) is 0. The molecule has 0 amide bonds. The molecule has 1 heterocycles. The van der Waals surface area contributed by atoms with Crippen molar-refractivity contribution in [1.82, 2.24) is 0 Å². The Morgan fingerprint density at radius 2 is 2.00 bits per heavy atom. The maximum Gasteiger partial charge on any atom is 0.309 e. The minimum atomic E-state index is -0.129. The normalized spacial score (nSPS) is 43.6. The van der Waals surface area contributed by atoms with Crippen molar-refractivity contribution in [3.05, 3.63) is 11.1 Å². The Morgan fingerprint density at radius 1 is 1.28 bits per heavy atom. The molecular weight excluding hydrogens is 228 g/mol. The molecule has 3 nitrogen and oxygen atoms in total. The Bertz CT molecular complexity index is 462. The molecule has 0 aromatic carbocycles. The summed E-state index contributed by atoms with van der Waals surface area (Å²) in [4.78, 5) is 23.7. The van der Waals surface area contributed by atoms with Crippen molar-refractivity contribution in [3.63, 3.8) is 0 Å². The van der Waals surface area contributed by atoms with Crippen LogP contribution >= 0.6 is 0 Å². The van der Waals surface area contributed by atoms with E-state index in [2.05, 4.69) is 6.92 Å². The molecule has 3 aliphatic rings. The predicted octanol–water partition coefficient (Wildman–Crippen LogP) is 2.64. The SMILES string of the molecule is CC1=C2[C@@H]3OC(=O)[C@@H](C)[C@@H]3CCC2(C)CCC1=O. The van der Waals surface area contributed by atoms with Crippen LogP contribution in [0.25, 0.3) is 0 Å². The first kappa shape index (κ1) is 11.9. The lowest BCUT2D eigenvalue weighted by molar-refractivity contribution is -0.143. The van der Waals surface area contributed by atoms with Gasteiger partial charge in [0.2, 0.25) is 0 Å². The number of hydrogen-bond acceptors (Lipinski definition) is 3. The Balaban J connectivity index is 2.09. The van der Waals surface area contributed by atoms with E-state index in [4.69, 9.17) is 4.74 Å².